The van der Waals surface area contributed by atoms with Gasteiger partial charge in [0.25, 0.3) is 0 Å². The van der Waals surface area contributed by atoms with Gasteiger partial charge in [-0.1, -0.05) is 30.3 Å². The Bertz CT molecular complexity index is 472. The molecule has 0 aliphatic heterocycles. The number of carbonyl (C=O) groups is 2. The molecule has 0 amide bonds. The number of hydrogen-bond donors (Lipinski definition) is 4. The van der Waals surface area contributed by atoms with Crippen LogP contribution in [0.4, 0.5) is 0 Å². The minimum atomic E-state index is -1.06. The molecule has 0 fully saturated rings. The fraction of sp³-hybridized carbons (Fsp3) is 0.385. The van der Waals surface area contributed by atoms with Crippen LogP contribution in [0.5, 0.6) is 0 Å². The van der Waals surface area contributed by atoms with E-state index in [1.165, 1.54) is 10.8 Å². The Morgan fingerprint density at radius 2 is 1.67 bits per heavy atom. The first kappa shape index (κ1) is 17.8. The highest BCUT2D eigenvalue weighted by atomic mass is 33.1. The van der Waals surface area contributed by atoms with Gasteiger partial charge in [-0.2, -0.15) is 0 Å². The third-order valence-corrected chi connectivity index (χ3v) is 6.97. The van der Waals surface area contributed by atoms with Crippen molar-refractivity contribution in [2.75, 3.05) is 11.5 Å². The van der Waals surface area contributed by atoms with Crippen molar-refractivity contribution in [1.82, 2.24) is 0 Å². The number of carboxylic acid groups (broad SMARTS) is 2. The Balaban J connectivity index is 2.65. The third kappa shape index (κ3) is 6.85. The maximum absolute atomic E-state index is 10.9. The van der Waals surface area contributed by atoms with Gasteiger partial charge in [-0.3, -0.25) is 9.59 Å². The maximum Gasteiger partial charge on any atom is 0.325 e. The van der Waals surface area contributed by atoms with Crippen molar-refractivity contribution in [2.45, 2.75) is 17.8 Å². The number of benzene rings is 1. The SMILES string of the molecule is N[C@@H](CS[S+](Cc1ccccc1)C[C@H](N)C(=O)O)C(=O)O. The molecule has 3 atom stereocenters. The van der Waals surface area contributed by atoms with Gasteiger partial charge in [-0.25, -0.2) is 0 Å². The Morgan fingerprint density at radius 3 is 2.19 bits per heavy atom. The molecule has 6 N–H and O–H groups in total. The van der Waals surface area contributed by atoms with E-state index in [-0.39, 0.29) is 5.75 Å². The maximum atomic E-state index is 10.9. The summed E-state index contributed by atoms with van der Waals surface area (Å²) in [6, 6.07) is 7.70. The fourth-order valence-corrected chi connectivity index (χ4v) is 5.71. The second kappa shape index (κ2) is 8.93. The Morgan fingerprint density at radius 1 is 1.10 bits per heavy atom. The fourth-order valence-electron chi connectivity index (χ4n) is 1.42. The molecule has 0 aromatic heterocycles. The van der Waals surface area contributed by atoms with Crippen LogP contribution in [0.2, 0.25) is 0 Å². The van der Waals surface area contributed by atoms with Crippen molar-refractivity contribution in [3.63, 3.8) is 0 Å². The smallest absolute Gasteiger partial charge is 0.325 e. The molecule has 6 nitrogen and oxygen atoms in total. The van der Waals surface area contributed by atoms with Crippen LogP contribution < -0.4 is 11.5 Å². The number of carboxylic acids is 2. The summed E-state index contributed by atoms with van der Waals surface area (Å²) in [4.78, 5) is 21.6. The second-order valence-electron chi connectivity index (χ2n) is 4.41. The van der Waals surface area contributed by atoms with Crippen LogP contribution in [0.15, 0.2) is 30.3 Å². The normalized spacial score (nSPS) is 15.1. The second-order valence-corrected chi connectivity index (χ2v) is 8.60. The van der Waals surface area contributed by atoms with Crippen molar-refractivity contribution in [2.24, 2.45) is 11.5 Å². The summed E-state index contributed by atoms with van der Waals surface area (Å²) in [5.74, 6) is -0.936. The number of aliphatic carboxylic acids is 2. The van der Waals surface area contributed by atoms with Crippen molar-refractivity contribution >= 4 is 32.7 Å². The molecule has 8 heteroatoms. The zero-order chi connectivity index (χ0) is 15.8. The Kier molecular flexibility index (Phi) is 7.58. The highest BCUT2D eigenvalue weighted by molar-refractivity contribution is 8.73. The summed E-state index contributed by atoms with van der Waals surface area (Å²) < 4.78 is 0. The van der Waals surface area contributed by atoms with Gasteiger partial charge in [0.15, 0.2) is 0 Å². The van der Waals surface area contributed by atoms with E-state index < -0.39 is 33.9 Å². The van der Waals surface area contributed by atoms with Gasteiger partial charge in [0.1, 0.15) is 23.6 Å². The van der Waals surface area contributed by atoms with E-state index in [9.17, 15) is 9.59 Å². The monoisotopic (exact) mass is 331 g/mol. The van der Waals surface area contributed by atoms with Crippen LogP contribution in [0.3, 0.4) is 0 Å². The molecule has 1 aromatic rings. The lowest BCUT2D eigenvalue weighted by Gasteiger charge is -2.11. The van der Waals surface area contributed by atoms with Crippen LogP contribution in [-0.4, -0.2) is 45.7 Å². The highest BCUT2D eigenvalue weighted by Gasteiger charge is 2.30. The first-order chi connectivity index (χ1) is 9.90. The molecule has 0 spiro atoms. The molecule has 0 radical (unpaired) electrons. The van der Waals surface area contributed by atoms with E-state index in [1.807, 2.05) is 30.3 Å². The lowest BCUT2D eigenvalue weighted by molar-refractivity contribution is -0.138. The first-order valence-electron chi connectivity index (χ1n) is 6.21. The minimum absolute atomic E-state index is 0.234. The van der Waals surface area contributed by atoms with Gasteiger partial charge in [0, 0.05) is 5.56 Å². The number of nitrogens with two attached hydrogens (primary N) is 2. The van der Waals surface area contributed by atoms with Crippen LogP contribution in [0, 0.1) is 0 Å². The van der Waals surface area contributed by atoms with E-state index in [4.69, 9.17) is 21.7 Å². The topological polar surface area (TPSA) is 127 Å². The largest absolute Gasteiger partial charge is 0.480 e. The lowest BCUT2D eigenvalue weighted by atomic mass is 10.2. The van der Waals surface area contributed by atoms with Gasteiger partial charge < -0.3 is 21.7 Å². The van der Waals surface area contributed by atoms with E-state index >= 15 is 0 Å². The van der Waals surface area contributed by atoms with Gasteiger partial charge in [0.2, 0.25) is 0 Å². The van der Waals surface area contributed by atoms with Gasteiger partial charge >= 0.3 is 11.9 Å². The first-order valence-corrected chi connectivity index (χ1v) is 9.28. The Labute approximate surface area is 129 Å². The van der Waals surface area contributed by atoms with Crippen molar-refractivity contribution in [3.05, 3.63) is 35.9 Å². The molecule has 1 aromatic carbocycles. The van der Waals surface area contributed by atoms with Gasteiger partial charge in [-0.05, 0) is 0 Å². The van der Waals surface area contributed by atoms with Crippen LogP contribution in [-0.2, 0) is 25.3 Å². The van der Waals surface area contributed by atoms with Crippen molar-refractivity contribution in [1.29, 1.82) is 0 Å². The number of hydrogen-bond acceptors (Lipinski definition) is 5. The van der Waals surface area contributed by atoms with Crippen LogP contribution in [0.25, 0.3) is 0 Å². The molecule has 0 saturated carbocycles. The van der Waals surface area contributed by atoms with Gasteiger partial charge in [-0.15, -0.1) is 0 Å². The minimum Gasteiger partial charge on any atom is -0.480 e. The highest BCUT2D eigenvalue weighted by Crippen LogP contribution is 2.23. The molecule has 0 aliphatic rings. The zero-order valence-electron chi connectivity index (χ0n) is 11.3. The summed E-state index contributed by atoms with van der Waals surface area (Å²) in [5, 5.41) is 17.7. The molecular formula is C13H19N2O4S2+. The molecule has 1 rings (SSSR count). The molecule has 116 valence electrons. The molecule has 1 unspecified atom stereocenters. The molecule has 0 saturated heterocycles. The van der Waals surface area contributed by atoms with Crippen LogP contribution >= 0.6 is 10.8 Å². The van der Waals surface area contributed by atoms with Crippen molar-refractivity contribution < 1.29 is 19.8 Å². The standard InChI is InChI=1S/C13H18N2O4S2/c14-10(12(16)17)6-20-21(8-11(15)13(18)19)7-9-4-2-1-3-5-9/h1-5,10-11H,6-8,14-15H2,(H-,16,17,18,19)/p+1/t10-,11-,21?/m0/s1. The summed E-state index contributed by atoms with van der Waals surface area (Å²) in [7, 11) is 0.981. The third-order valence-electron chi connectivity index (χ3n) is 2.58. The van der Waals surface area contributed by atoms with Crippen molar-refractivity contribution in [3.8, 4) is 0 Å². The molecule has 0 bridgehead atoms. The molecule has 21 heavy (non-hydrogen) atoms. The summed E-state index contributed by atoms with van der Waals surface area (Å²) in [6.07, 6.45) is 0. The van der Waals surface area contributed by atoms with Crippen LogP contribution in [0.1, 0.15) is 5.56 Å². The number of rotatable bonds is 9. The predicted molar refractivity (Wildman–Crippen MR) is 86.1 cm³/mol. The van der Waals surface area contributed by atoms with E-state index in [0.29, 0.717) is 11.5 Å². The average molecular weight is 331 g/mol. The molecule has 0 heterocycles. The molecular weight excluding hydrogens is 312 g/mol. The quantitative estimate of drug-likeness (QED) is 0.378. The molecule has 0 aliphatic carbocycles. The average Bonchev–Trinajstić information content (AvgIpc) is 2.45. The summed E-state index contributed by atoms with van der Waals surface area (Å²) >= 11 is 0. The van der Waals surface area contributed by atoms with E-state index in [2.05, 4.69) is 0 Å². The van der Waals surface area contributed by atoms with E-state index in [1.54, 1.807) is 0 Å². The summed E-state index contributed by atoms with van der Waals surface area (Å²) in [5.41, 5.74) is 12.1. The predicted octanol–water partition coefficient (Wildman–Crippen LogP) is 0.277. The Hall–Kier alpha value is -1.22. The lowest BCUT2D eigenvalue weighted by Crippen LogP contribution is -2.38. The van der Waals surface area contributed by atoms with Gasteiger partial charge in [0.05, 0.1) is 26.5 Å². The summed E-state index contributed by atoms with van der Waals surface area (Å²) in [6.45, 7) is 0. The van der Waals surface area contributed by atoms with E-state index in [0.717, 1.165) is 5.56 Å². The zero-order valence-corrected chi connectivity index (χ0v) is 13.0.